The van der Waals surface area contributed by atoms with Gasteiger partial charge in [-0.15, -0.1) is 0 Å². The average Bonchev–Trinajstić information content (AvgIpc) is 2.74. The lowest BCUT2D eigenvalue weighted by molar-refractivity contribution is 0.291. The molecule has 1 aromatic carbocycles. The zero-order chi connectivity index (χ0) is 14.9. The number of guanidine groups is 1. The molecular formula is C13H17F3N4. The number of likely N-dealkylation sites (N-methyl/N-ethyl adjacent to an activating group) is 1. The van der Waals surface area contributed by atoms with Crippen LogP contribution in [-0.4, -0.2) is 49.5 Å². The SMILES string of the molecule is CN(C)CCN1C(N)=NCC1c1cc(F)c(F)c(F)c1. The van der Waals surface area contributed by atoms with Crippen LogP contribution in [0.3, 0.4) is 0 Å². The minimum Gasteiger partial charge on any atom is -0.370 e. The molecule has 110 valence electrons. The lowest BCUT2D eigenvalue weighted by Crippen LogP contribution is -2.40. The molecule has 0 saturated heterocycles. The molecule has 1 unspecified atom stereocenters. The number of nitrogens with zero attached hydrogens (tertiary/aromatic N) is 3. The standard InChI is InChI=1S/C13H17F3N4/c1-19(2)3-4-20-11(7-18-13(20)17)8-5-9(14)12(16)10(15)6-8/h5-6,11H,3-4,7H2,1-2H3,(H2,17,18). The fraction of sp³-hybridized carbons (Fsp3) is 0.462. The quantitative estimate of drug-likeness (QED) is 0.850. The summed E-state index contributed by atoms with van der Waals surface area (Å²) in [6.45, 7) is 1.61. The monoisotopic (exact) mass is 286 g/mol. The molecule has 0 radical (unpaired) electrons. The molecule has 1 aliphatic rings. The third kappa shape index (κ3) is 2.87. The van der Waals surface area contributed by atoms with Gasteiger partial charge in [0.1, 0.15) is 0 Å². The maximum atomic E-state index is 13.3. The van der Waals surface area contributed by atoms with Crippen LogP contribution in [0.5, 0.6) is 0 Å². The van der Waals surface area contributed by atoms with E-state index in [-0.39, 0.29) is 6.04 Å². The van der Waals surface area contributed by atoms with Crippen molar-refractivity contribution in [2.75, 3.05) is 33.7 Å². The van der Waals surface area contributed by atoms with Crippen molar-refractivity contribution < 1.29 is 13.2 Å². The Bertz CT molecular complexity index is 507. The zero-order valence-corrected chi connectivity index (χ0v) is 11.4. The first-order chi connectivity index (χ1) is 9.40. The molecular weight excluding hydrogens is 269 g/mol. The Labute approximate surface area is 115 Å². The summed E-state index contributed by atoms with van der Waals surface area (Å²) in [6.07, 6.45) is 0. The minimum absolute atomic E-state index is 0.309. The van der Waals surface area contributed by atoms with Gasteiger partial charge < -0.3 is 15.5 Å². The highest BCUT2D eigenvalue weighted by Gasteiger charge is 2.28. The molecule has 0 saturated carbocycles. The number of hydrogen-bond acceptors (Lipinski definition) is 4. The largest absolute Gasteiger partial charge is 0.370 e. The van der Waals surface area contributed by atoms with Gasteiger partial charge in [0, 0.05) is 13.1 Å². The summed E-state index contributed by atoms with van der Waals surface area (Å²) in [7, 11) is 3.82. The molecule has 1 aliphatic heterocycles. The summed E-state index contributed by atoms with van der Waals surface area (Å²) in [5, 5.41) is 0. The van der Waals surface area contributed by atoms with Gasteiger partial charge in [0.2, 0.25) is 0 Å². The summed E-state index contributed by atoms with van der Waals surface area (Å²) in [6, 6.07) is 1.64. The third-order valence-electron chi connectivity index (χ3n) is 3.28. The van der Waals surface area contributed by atoms with Gasteiger partial charge in [-0.05, 0) is 31.8 Å². The highest BCUT2D eigenvalue weighted by Crippen LogP contribution is 2.27. The molecule has 2 N–H and O–H groups in total. The normalized spacial score (nSPS) is 18.8. The van der Waals surface area contributed by atoms with Gasteiger partial charge in [-0.2, -0.15) is 0 Å². The van der Waals surface area contributed by atoms with Crippen LogP contribution in [0.25, 0.3) is 0 Å². The molecule has 0 fully saturated rings. The summed E-state index contributed by atoms with van der Waals surface area (Å²) in [5.74, 6) is -3.52. The highest BCUT2D eigenvalue weighted by molar-refractivity contribution is 5.80. The molecule has 20 heavy (non-hydrogen) atoms. The fourth-order valence-corrected chi connectivity index (χ4v) is 2.16. The van der Waals surface area contributed by atoms with Crippen LogP contribution in [0.1, 0.15) is 11.6 Å². The highest BCUT2D eigenvalue weighted by atomic mass is 19.2. The lowest BCUT2D eigenvalue weighted by atomic mass is 10.1. The van der Waals surface area contributed by atoms with Gasteiger partial charge in [-0.25, -0.2) is 13.2 Å². The Morgan fingerprint density at radius 2 is 1.90 bits per heavy atom. The topological polar surface area (TPSA) is 44.9 Å². The molecule has 7 heteroatoms. The molecule has 0 amide bonds. The van der Waals surface area contributed by atoms with Crippen molar-refractivity contribution in [2.24, 2.45) is 10.7 Å². The molecule has 2 rings (SSSR count). The number of rotatable bonds is 4. The van der Waals surface area contributed by atoms with Crippen LogP contribution in [0.4, 0.5) is 13.2 Å². The zero-order valence-electron chi connectivity index (χ0n) is 11.4. The Hall–Kier alpha value is -1.76. The van der Waals surface area contributed by atoms with Crippen LogP contribution in [0.15, 0.2) is 17.1 Å². The molecule has 0 bridgehead atoms. The third-order valence-corrected chi connectivity index (χ3v) is 3.28. The van der Waals surface area contributed by atoms with Crippen molar-refractivity contribution in [1.82, 2.24) is 9.80 Å². The van der Waals surface area contributed by atoms with E-state index in [4.69, 9.17) is 5.73 Å². The van der Waals surface area contributed by atoms with Gasteiger partial charge in [-0.1, -0.05) is 0 Å². The molecule has 1 atom stereocenters. The van der Waals surface area contributed by atoms with Crippen LogP contribution in [0.2, 0.25) is 0 Å². The summed E-state index contributed by atoms with van der Waals surface area (Å²) in [5.41, 5.74) is 6.13. The predicted octanol–water partition coefficient (Wildman–Crippen LogP) is 1.34. The van der Waals surface area contributed by atoms with E-state index in [1.54, 1.807) is 4.90 Å². The lowest BCUT2D eigenvalue weighted by Gasteiger charge is -2.28. The van der Waals surface area contributed by atoms with Crippen molar-refractivity contribution in [3.05, 3.63) is 35.1 Å². The first-order valence-corrected chi connectivity index (χ1v) is 6.26. The van der Waals surface area contributed by atoms with Crippen LogP contribution in [-0.2, 0) is 0 Å². The summed E-state index contributed by atoms with van der Waals surface area (Å²) < 4.78 is 39.6. The number of nitrogens with two attached hydrogens (primary N) is 1. The van der Waals surface area contributed by atoms with E-state index in [0.717, 1.165) is 18.7 Å². The molecule has 1 heterocycles. The first kappa shape index (κ1) is 14.6. The summed E-state index contributed by atoms with van der Waals surface area (Å²) >= 11 is 0. The molecule has 4 nitrogen and oxygen atoms in total. The second kappa shape index (κ2) is 5.70. The number of hydrogen-bond donors (Lipinski definition) is 1. The van der Waals surface area contributed by atoms with Crippen molar-refractivity contribution in [3.63, 3.8) is 0 Å². The van der Waals surface area contributed by atoms with E-state index in [2.05, 4.69) is 4.99 Å². The average molecular weight is 286 g/mol. The van der Waals surface area contributed by atoms with Crippen LogP contribution < -0.4 is 5.73 Å². The van der Waals surface area contributed by atoms with Gasteiger partial charge in [0.05, 0.1) is 12.6 Å². The second-order valence-electron chi connectivity index (χ2n) is 5.01. The van der Waals surface area contributed by atoms with Gasteiger partial charge in [0.25, 0.3) is 0 Å². The van der Waals surface area contributed by atoms with E-state index < -0.39 is 17.5 Å². The van der Waals surface area contributed by atoms with Crippen molar-refractivity contribution in [3.8, 4) is 0 Å². The maximum absolute atomic E-state index is 13.3. The Morgan fingerprint density at radius 1 is 1.30 bits per heavy atom. The second-order valence-corrected chi connectivity index (χ2v) is 5.01. The van der Waals surface area contributed by atoms with E-state index in [1.807, 2.05) is 19.0 Å². The Kier molecular flexibility index (Phi) is 4.17. The van der Waals surface area contributed by atoms with E-state index in [0.29, 0.717) is 24.6 Å². The number of benzene rings is 1. The predicted molar refractivity (Wildman–Crippen MR) is 70.8 cm³/mol. The van der Waals surface area contributed by atoms with Crippen LogP contribution >= 0.6 is 0 Å². The van der Waals surface area contributed by atoms with E-state index in [9.17, 15) is 13.2 Å². The number of aliphatic imine (C=N–C) groups is 1. The van der Waals surface area contributed by atoms with Gasteiger partial charge in [0.15, 0.2) is 23.4 Å². The number of halogens is 3. The Morgan fingerprint density at radius 3 is 2.45 bits per heavy atom. The van der Waals surface area contributed by atoms with Gasteiger partial charge in [-0.3, -0.25) is 4.99 Å². The molecule has 0 aromatic heterocycles. The Balaban J connectivity index is 2.23. The summed E-state index contributed by atoms with van der Waals surface area (Å²) in [4.78, 5) is 7.83. The van der Waals surface area contributed by atoms with Crippen LogP contribution in [0, 0.1) is 17.5 Å². The molecule has 0 spiro atoms. The van der Waals surface area contributed by atoms with Crippen molar-refractivity contribution in [1.29, 1.82) is 0 Å². The molecule has 1 aromatic rings. The first-order valence-electron chi connectivity index (χ1n) is 6.26. The minimum atomic E-state index is -1.46. The smallest absolute Gasteiger partial charge is 0.194 e. The van der Waals surface area contributed by atoms with Gasteiger partial charge >= 0.3 is 0 Å². The molecule has 0 aliphatic carbocycles. The fourth-order valence-electron chi connectivity index (χ4n) is 2.16. The van der Waals surface area contributed by atoms with E-state index >= 15 is 0 Å². The van der Waals surface area contributed by atoms with Crippen molar-refractivity contribution >= 4 is 5.96 Å². The van der Waals surface area contributed by atoms with Crippen molar-refractivity contribution in [2.45, 2.75) is 6.04 Å². The van der Waals surface area contributed by atoms with E-state index in [1.165, 1.54) is 0 Å². The maximum Gasteiger partial charge on any atom is 0.194 e.